The largest absolute Gasteiger partial charge is 0.508 e. The number of nitrogens with zero attached hydrogens (tertiary/aromatic N) is 1. The highest BCUT2D eigenvalue weighted by atomic mass is 19.1. The highest BCUT2D eigenvalue weighted by Crippen LogP contribution is 2.26. The molecule has 0 amide bonds. The van der Waals surface area contributed by atoms with E-state index < -0.39 is 5.82 Å². The molecule has 4 heteroatoms. The minimum Gasteiger partial charge on any atom is -0.508 e. The second kappa shape index (κ2) is 3.57. The summed E-state index contributed by atoms with van der Waals surface area (Å²) in [5, 5.41) is 18.4. The highest BCUT2D eigenvalue weighted by molar-refractivity contribution is 5.65. The van der Waals surface area contributed by atoms with Crippen LogP contribution in [0.2, 0.25) is 0 Å². The molecule has 1 aromatic carbocycles. The van der Waals surface area contributed by atoms with Crippen molar-refractivity contribution in [2.45, 2.75) is 0 Å². The molecule has 1 aromatic heterocycles. The molecule has 2 rings (SSSR count). The first-order valence-corrected chi connectivity index (χ1v) is 4.29. The average molecular weight is 205 g/mol. The molecule has 0 aliphatic carbocycles. The maximum atomic E-state index is 13.0. The lowest BCUT2D eigenvalue weighted by Gasteiger charge is -2.02. The third-order valence-electron chi connectivity index (χ3n) is 1.94. The van der Waals surface area contributed by atoms with Crippen molar-refractivity contribution in [3.8, 4) is 22.6 Å². The molecule has 0 aliphatic rings. The molecule has 0 spiro atoms. The third-order valence-corrected chi connectivity index (χ3v) is 1.94. The number of benzene rings is 1. The van der Waals surface area contributed by atoms with Crippen LogP contribution in [0.3, 0.4) is 0 Å². The van der Waals surface area contributed by atoms with Crippen LogP contribution in [-0.4, -0.2) is 15.2 Å². The van der Waals surface area contributed by atoms with Crippen molar-refractivity contribution < 1.29 is 14.6 Å². The number of aromatic nitrogens is 1. The van der Waals surface area contributed by atoms with Gasteiger partial charge < -0.3 is 10.2 Å². The van der Waals surface area contributed by atoms with Crippen LogP contribution in [0.4, 0.5) is 4.39 Å². The van der Waals surface area contributed by atoms with Crippen LogP contribution in [-0.2, 0) is 0 Å². The second-order valence-electron chi connectivity index (χ2n) is 3.13. The SMILES string of the molecule is Oc1cncc(-c2cc(O)cc(F)c2)c1. The van der Waals surface area contributed by atoms with Gasteiger partial charge in [0.2, 0.25) is 0 Å². The van der Waals surface area contributed by atoms with Gasteiger partial charge >= 0.3 is 0 Å². The standard InChI is InChI=1S/C11H8FNO2/c12-9-1-7(2-10(14)4-9)8-3-11(15)6-13-5-8/h1-6,14-15H. The Bertz CT molecular complexity index is 479. The van der Waals surface area contributed by atoms with E-state index in [1.165, 1.54) is 30.6 Å². The average Bonchev–Trinajstić information content (AvgIpc) is 2.16. The molecule has 0 fully saturated rings. The van der Waals surface area contributed by atoms with Gasteiger partial charge in [0.05, 0.1) is 6.20 Å². The van der Waals surface area contributed by atoms with Crippen molar-refractivity contribution in [2.24, 2.45) is 0 Å². The van der Waals surface area contributed by atoms with Gasteiger partial charge in [-0.25, -0.2) is 4.39 Å². The van der Waals surface area contributed by atoms with E-state index in [4.69, 9.17) is 0 Å². The van der Waals surface area contributed by atoms with Gasteiger partial charge in [0, 0.05) is 17.8 Å². The van der Waals surface area contributed by atoms with Crippen LogP contribution in [0, 0.1) is 5.82 Å². The summed E-state index contributed by atoms with van der Waals surface area (Å²) in [6.07, 6.45) is 2.76. The fourth-order valence-electron chi connectivity index (χ4n) is 1.33. The molecule has 0 bridgehead atoms. The zero-order chi connectivity index (χ0) is 10.8. The summed E-state index contributed by atoms with van der Waals surface area (Å²) in [7, 11) is 0. The smallest absolute Gasteiger partial charge is 0.134 e. The van der Waals surface area contributed by atoms with Crippen molar-refractivity contribution in [2.75, 3.05) is 0 Å². The van der Waals surface area contributed by atoms with Gasteiger partial charge in [0.25, 0.3) is 0 Å². The van der Waals surface area contributed by atoms with Gasteiger partial charge in [-0.2, -0.15) is 0 Å². The molecule has 15 heavy (non-hydrogen) atoms. The minimum atomic E-state index is -0.534. The first-order valence-electron chi connectivity index (χ1n) is 4.29. The first kappa shape index (κ1) is 9.45. The van der Waals surface area contributed by atoms with Crippen LogP contribution < -0.4 is 0 Å². The second-order valence-corrected chi connectivity index (χ2v) is 3.13. The maximum absolute atomic E-state index is 13.0. The summed E-state index contributed by atoms with van der Waals surface area (Å²) in [6, 6.07) is 5.12. The fourth-order valence-corrected chi connectivity index (χ4v) is 1.33. The molecule has 0 atom stereocenters. The Hall–Kier alpha value is -2.10. The molecule has 0 unspecified atom stereocenters. The molecule has 0 saturated carbocycles. The number of rotatable bonds is 1. The predicted molar refractivity (Wildman–Crippen MR) is 53.0 cm³/mol. The van der Waals surface area contributed by atoms with E-state index in [-0.39, 0.29) is 11.5 Å². The number of aromatic hydroxyl groups is 2. The number of halogens is 1. The lowest BCUT2D eigenvalue weighted by Crippen LogP contribution is -1.82. The summed E-state index contributed by atoms with van der Waals surface area (Å²) in [5.74, 6) is -0.696. The minimum absolute atomic E-state index is 0.00347. The molecule has 3 nitrogen and oxygen atoms in total. The van der Waals surface area contributed by atoms with E-state index in [9.17, 15) is 14.6 Å². The normalized spacial score (nSPS) is 10.2. The van der Waals surface area contributed by atoms with E-state index in [1.54, 1.807) is 0 Å². The van der Waals surface area contributed by atoms with Gasteiger partial charge in [0.15, 0.2) is 0 Å². The van der Waals surface area contributed by atoms with Crippen molar-refractivity contribution in [3.63, 3.8) is 0 Å². The van der Waals surface area contributed by atoms with Crippen molar-refractivity contribution >= 4 is 0 Å². The molecular formula is C11H8FNO2. The number of pyridine rings is 1. The summed E-state index contributed by atoms with van der Waals surface area (Å²) < 4.78 is 13.0. The maximum Gasteiger partial charge on any atom is 0.134 e. The van der Waals surface area contributed by atoms with E-state index in [2.05, 4.69) is 4.98 Å². The Morgan fingerprint density at radius 1 is 0.867 bits per heavy atom. The Balaban J connectivity index is 2.54. The predicted octanol–water partition coefficient (Wildman–Crippen LogP) is 2.30. The molecule has 2 aromatic rings. The zero-order valence-corrected chi connectivity index (χ0v) is 7.68. The van der Waals surface area contributed by atoms with E-state index >= 15 is 0 Å². The van der Waals surface area contributed by atoms with Gasteiger partial charge in [-0.05, 0) is 23.8 Å². The Labute approximate surface area is 85.5 Å². The van der Waals surface area contributed by atoms with Gasteiger partial charge in [-0.1, -0.05) is 0 Å². The quantitative estimate of drug-likeness (QED) is 0.751. The Kier molecular flexibility index (Phi) is 2.25. The van der Waals surface area contributed by atoms with Crippen LogP contribution in [0.15, 0.2) is 36.7 Å². The van der Waals surface area contributed by atoms with Crippen LogP contribution >= 0.6 is 0 Å². The lowest BCUT2D eigenvalue weighted by molar-refractivity contribution is 0.468. The monoisotopic (exact) mass is 205 g/mol. The first-order chi connectivity index (χ1) is 7.15. The van der Waals surface area contributed by atoms with Crippen LogP contribution in [0.5, 0.6) is 11.5 Å². The summed E-state index contributed by atoms with van der Waals surface area (Å²) in [6.45, 7) is 0. The fraction of sp³-hybridized carbons (Fsp3) is 0. The number of hydrogen-bond acceptors (Lipinski definition) is 3. The topological polar surface area (TPSA) is 53.4 Å². The highest BCUT2D eigenvalue weighted by Gasteiger charge is 2.03. The Morgan fingerprint density at radius 3 is 2.27 bits per heavy atom. The third kappa shape index (κ3) is 2.04. The number of phenolic OH excluding ortho intramolecular Hbond substituents is 1. The molecule has 76 valence electrons. The van der Waals surface area contributed by atoms with Crippen LogP contribution in [0.1, 0.15) is 0 Å². The molecule has 0 aliphatic heterocycles. The van der Waals surface area contributed by atoms with E-state index in [1.807, 2.05) is 0 Å². The Morgan fingerprint density at radius 2 is 1.60 bits per heavy atom. The van der Waals surface area contributed by atoms with E-state index in [0.29, 0.717) is 11.1 Å². The van der Waals surface area contributed by atoms with Crippen molar-refractivity contribution in [1.29, 1.82) is 0 Å². The zero-order valence-electron chi connectivity index (χ0n) is 7.68. The van der Waals surface area contributed by atoms with Gasteiger partial charge in [0.1, 0.15) is 17.3 Å². The van der Waals surface area contributed by atoms with Crippen molar-refractivity contribution in [1.82, 2.24) is 4.98 Å². The molecule has 0 saturated heterocycles. The van der Waals surface area contributed by atoms with Crippen LogP contribution in [0.25, 0.3) is 11.1 Å². The summed E-state index contributed by atoms with van der Waals surface area (Å²) in [4.78, 5) is 3.77. The molecule has 0 radical (unpaired) electrons. The lowest BCUT2D eigenvalue weighted by atomic mass is 10.1. The number of phenols is 1. The van der Waals surface area contributed by atoms with Gasteiger partial charge in [-0.15, -0.1) is 0 Å². The molecular weight excluding hydrogens is 197 g/mol. The molecule has 1 heterocycles. The molecule has 2 N–H and O–H groups in total. The number of hydrogen-bond donors (Lipinski definition) is 2. The van der Waals surface area contributed by atoms with Crippen molar-refractivity contribution in [3.05, 3.63) is 42.5 Å². The summed E-state index contributed by atoms with van der Waals surface area (Å²) >= 11 is 0. The van der Waals surface area contributed by atoms with Gasteiger partial charge in [-0.3, -0.25) is 4.98 Å². The summed E-state index contributed by atoms with van der Waals surface area (Å²) in [5.41, 5.74) is 1.01. The van der Waals surface area contributed by atoms with E-state index in [0.717, 1.165) is 6.07 Å².